The van der Waals surface area contributed by atoms with Crippen LogP contribution in [0.1, 0.15) is 49.9 Å². The first-order valence-electron chi connectivity index (χ1n) is 7.67. The largest absolute Gasteiger partial charge is 0.370 e. The third-order valence-corrected chi connectivity index (χ3v) is 4.08. The van der Waals surface area contributed by atoms with E-state index in [9.17, 15) is 4.79 Å². The zero-order valence-electron chi connectivity index (χ0n) is 12.5. The fourth-order valence-corrected chi connectivity index (χ4v) is 2.76. The quantitative estimate of drug-likeness (QED) is 0.868. The van der Waals surface area contributed by atoms with Crippen molar-refractivity contribution >= 4 is 11.7 Å². The second kappa shape index (κ2) is 7.27. The van der Waals surface area contributed by atoms with Gasteiger partial charge in [-0.15, -0.1) is 0 Å². The minimum absolute atomic E-state index is 0.0207. The van der Waals surface area contributed by atoms with Gasteiger partial charge in [0, 0.05) is 19.3 Å². The smallest absolute Gasteiger partial charge is 0.255 e. The van der Waals surface area contributed by atoms with Gasteiger partial charge in [-0.25, -0.2) is 4.98 Å². The number of carbonyl (C=O) groups excluding carboxylic acids is 1. The average molecular weight is 275 g/mol. The number of hydrogen-bond acceptors (Lipinski definition) is 3. The second-order valence-electron chi connectivity index (χ2n) is 5.77. The van der Waals surface area contributed by atoms with E-state index in [-0.39, 0.29) is 5.91 Å². The van der Waals surface area contributed by atoms with E-state index in [1.807, 2.05) is 13.0 Å². The van der Waals surface area contributed by atoms with E-state index in [0.717, 1.165) is 19.0 Å². The van der Waals surface area contributed by atoms with Gasteiger partial charge >= 0.3 is 0 Å². The van der Waals surface area contributed by atoms with Gasteiger partial charge in [0.15, 0.2) is 0 Å². The van der Waals surface area contributed by atoms with E-state index < -0.39 is 0 Å². The SMILES string of the molecule is CCNc1ncccc1C(=O)NCC1CCC(C)CC1. The van der Waals surface area contributed by atoms with Gasteiger partial charge in [0.2, 0.25) is 0 Å². The highest BCUT2D eigenvalue weighted by atomic mass is 16.1. The molecular weight excluding hydrogens is 250 g/mol. The number of pyridine rings is 1. The van der Waals surface area contributed by atoms with E-state index in [1.165, 1.54) is 25.7 Å². The fraction of sp³-hybridized carbons (Fsp3) is 0.625. The highest BCUT2D eigenvalue weighted by Gasteiger charge is 2.19. The number of anilines is 1. The second-order valence-corrected chi connectivity index (χ2v) is 5.77. The summed E-state index contributed by atoms with van der Waals surface area (Å²) < 4.78 is 0. The maximum absolute atomic E-state index is 12.3. The Hall–Kier alpha value is -1.58. The third kappa shape index (κ3) is 3.95. The lowest BCUT2D eigenvalue weighted by Gasteiger charge is -2.26. The Morgan fingerprint density at radius 2 is 2.10 bits per heavy atom. The lowest BCUT2D eigenvalue weighted by Crippen LogP contribution is -2.31. The topological polar surface area (TPSA) is 54.0 Å². The minimum atomic E-state index is -0.0207. The van der Waals surface area contributed by atoms with Gasteiger partial charge in [0.25, 0.3) is 5.91 Å². The summed E-state index contributed by atoms with van der Waals surface area (Å²) in [6.45, 7) is 5.86. The molecular formula is C16H25N3O. The van der Waals surface area contributed by atoms with Crippen molar-refractivity contribution in [3.8, 4) is 0 Å². The molecule has 1 aromatic rings. The van der Waals surface area contributed by atoms with Gasteiger partial charge in [-0.05, 0) is 43.7 Å². The maximum Gasteiger partial charge on any atom is 0.255 e. The van der Waals surface area contributed by atoms with Crippen molar-refractivity contribution in [2.45, 2.75) is 39.5 Å². The van der Waals surface area contributed by atoms with Crippen LogP contribution in [0.3, 0.4) is 0 Å². The van der Waals surface area contributed by atoms with Crippen molar-refractivity contribution in [1.29, 1.82) is 0 Å². The van der Waals surface area contributed by atoms with E-state index >= 15 is 0 Å². The molecule has 1 aliphatic carbocycles. The minimum Gasteiger partial charge on any atom is -0.370 e. The first-order chi connectivity index (χ1) is 9.70. The standard InChI is InChI=1S/C16H25N3O/c1-3-17-15-14(5-4-10-18-15)16(20)19-11-13-8-6-12(2)7-9-13/h4-5,10,12-13H,3,6-9,11H2,1-2H3,(H,17,18)(H,19,20). The molecule has 0 spiro atoms. The number of carbonyl (C=O) groups is 1. The molecule has 0 saturated heterocycles. The number of nitrogens with zero attached hydrogens (tertiary/aromatic N) is 1. The number of aromatic nitrogens is 1. The third-order valence-electron chi connectivity index (χ3n) is 4.08. The van der Waals surface area contributed by atoms with Crippen molar-refractivity contribution in [3.63, 3.8) is 0 Å². The molecule has 1 aliphatic rings. The average Bonchev–Trinajstić information content (AvgIpc) is 2.47. The van der Waals surface area contributed by atoms with Crippen LogP contribution in [0, 0.1) is 11.8 Å². The number of nitrogens with one attached hydrogen (secondary N) is 2. The Balaban J connectivity index is 1.88. The van der Waals surface area contributed by atoms with Gasteiger partial charge in [-0.2, -0.15) is 0 Å². The van der Waals surface area contributed by atoms with E-state index in [4.69, 9.17) is 0 Å². The summed E-state index contributed by atoms with van der Waals surface area (Å²) in [4.78, 5) is 16.5. The molecule has 1 saturated carbocycles. The summed E-state index contributed by atoms with van der Waals surface area (Å²) in [5.41, 5.74) is 0.638. The summed E-state index contributed by atoms with van der Waals surface area (Å²) in [5, 5.41) is 6.19. The zero-order chi connectivity index (χ0) is 14.4. The van der Waals surface area contributed by atoms with E-state index in [0.29, 0.717) is 17.3 Å². The highest BCUT2D eigenvalue weighted by Crippen LogP contribution is 2.27. The first-order valence-corrected chi connectivity index (χ1v) is 7.67. The van der Waals surface area contributed by atoms with Crippen molar-refractivity contribution in [3.05, 3.63) is 23.9 Å². The predicted molar refractivity (Wildman–Crippen MR) is 81.9 cm³/mol. The Kier molecular flexibility index (Phi) is 5.39. The Bertz CT molecular complexity index is 439. The van der Waals surface area contributed by atoms with Crippen LogP contribution in [-0.4, -0.2) is 24.0 Å². The molecule has 2 rings (SSSR count). The van der Waals surface area contributed by atoms with Crippen LogP contribution >= 0.6 is 0 Å². The summed E-state index contributed by atoms with van der Waals surface area (Å²) in [6.07, 6.45) is 6.74. The summed E-state index contributed by atoms with van der Waals surface area (Å²) in [7, 11) is 0. The highest BCUT2D eigenvalue weighted by molar-refractivity contribution is 5.98. The molecule has 0 atom stereocenters. The van der Waals surface area contributed by atoms with Gasteiger partial charge in [0.1, 0.15) is 5.82 Å². The zero-order valence-corrected chi connectivity index (χ0v) is 12.5. The fourth-order valence-electron chi connectivity index (χ4n) is 2.76. The Labute approximate surface area is 121 Å². The summed E-state index contributed by atoms with van der Waals surface area (Å²) in [6, 6.07) is 3.63. The predicted octanol–water partition coefficient (Wildman–Crippen LogP) is 3.07. The van der Waals surface area contributed by atoms with Crippen molar-refractivity contribution in [2.75, 3.05) is 18.4 Å². The lowest BCUT2D eigenvalue weighted by molar-refractivity contribution is 0.0942. The van der Waals surface area contributed by atoms with Gasteiger partial charge in [-0.3, -0.25) is 4.79 Å². The van der Waals surface area contributed by atoms with Crippen LogP contribution in [0.15, 0.2) is 18.3 Å². The van der Waals surface area contributed by atoms with Crippen LogP contribution in [-0.2, 0) is 0 Å². The molecule has 0 bridgehead atoms. The number of amides is 1. The first kappa shape index (κ1) is 14.8. The van der Waals surface area contributed by atoms with Crippen LogP contribution in [0.2, 0.25) is 0 Å². The molecule has 20 heavy (non-hydrogen) atoms. The van der Waals surface area contributed by atoms with Crippen LogP contribution in [0.5, 0.6) is 0 Å². The number of hydrogen-bond donors (Lipinski definition) is 2. The molecule has 2 N–H and O–H groups in total. The molecule has 110 valence electrons. The molecule has 0 radical (unpaired) electrons. The van der Waals surface area contributed by atoms with Gasteiger partial charge in [0.05, 0.1) is 5.56 Å². The van der Waals surface area contributed by atoms with E-state index in [1.54, 1.807) is 12.3 Å². The van der Waals surface area contributed by atoms with Crippen LogP contribution in [0.4, 0.5) is 5.82 Å². The molecule has 0 aliphatic heterocycles. The molecule has 1 fully saturated rings. The van der Waals surface area contributed by atoms with Gasteiger partial charge < -0.3 is 10.6 Å². The Morgan fingerprint density at radius 1 is 1.35 bits per heavy atom. The monoisotopic (exact) mass is 275 g/mol. The van der Waals surface area contributed by atoms with E-state index in [2.05, 4.69) is 22.5 Å². The van der Waals surface area contributed by atoms with Crippen molar-refractivity contribution < 1.29 is 4.79 Å². The van der Waals surface area contributed by atoms with Crippen molar-refractivity contribution in [2.24, 2.45) is 11.8 Å². The number of rotatable bonds is 5. The van der Waals surface area contributed by atoms with Gasteiger partial charge in [-0.1, -0.05) is 19.8 Å². The lowest BCUT2D eigenvalue weighted by atomic mass is 9.83. The normalized spacial score (nSPS) is 22.3. The Morgan fingerprint density at radius 3 is 2.80 bits per heavy atom. The summed E-state index contributed by atoms with van der Waals surface area (Å²) >= 11 is 0. The molecule has 1 aromatic heterocycles. The molecule has 4 heteroatoms. The van der Waals surface area contributed by atoms with Crippen LogP contribution in [0.25, 0.3) is 0 Å². The molecule has 1 amide bonds. The molecule has 0 unspecified atom stereocenters. The van der Waals surface area contributed by atoms with Crippen LogP contribution < -0.4 is 10.6 Å². The molecule has 4 nitrogen and oxygen atoms in total. The molecule has 0 aromatic carbocycles. The van der Waals surface area contributed by atoms with Crippen molar-refractivity contribution in [1.82, 2.24) is 10.3 Å². The molecule has 1 heterocycles. The maximum atomic E-state index is 12.3. The summed E-state index contributed by atoms with van der Waals surface area (Å²) in [5.74, 6) is 2.13.